The molecule has 72 valence electrons. The Kier molecular flexibility index (Phi) is 1.77. The van der Waals surface area contributed by atoms with Gasteiger partial charge in [0.05, 0.1) is 4.92 Å². The molecule has 0 aliphatic carbocycles. The highest BCUT2D eigenvalue weighted by atomic mass is 16.6. The van der Waals surface area contributed by atoms with Crippen LogP contribution in [0.4, 0.5) is 5.69 Å². The van der Waals surface area contributed by atoms with Crippen molar-refractivity contribution < 1.29 is 4.92 Å². The summed E-state index contributed by atoms with van der Waals surface area (Å²) in [5.41, 5.74) is 2.23. The first kappa shape index (κ1) is 8.74. The minimum Gasteiger partial charge on any atom is -0.350 e. The van der Waals surface area contributed by atoms with Crippen LogP contribution in [0.2, 0.25) is 0 Å². The van der Waals surface area contributed by atoms with Gasteiger partial charge >= 0.3 is 0 Å². The molecule has 0 unspecified atom stereocenters. The van der Waals surface area contributed by atoms with Crippen LogP contribution in [0.5, 0.6) is 0 Å². The van der Waals surface area contributed by atoms with Crippen LogP contribution in [0.15, 0.2) is 24.4 Å². The predicted molar refractivity (Wildman–Crippen MR) is 54.3 cm³/mol. The third kappa shape index (κ3) is 1.16. The molecular weight excluding hydrogens is 180 g/mol. The van der Waals surface area contributed by atoms with Crippen molar-refractivity contribution in [3.05, 3.63) is 40.1 Å². The van der Waals surface area contributed by atoms with Gasteiger partial charge in [-0.05, 0) is 18.6 Å². The number of hydrogen-bond acceptors (Lipinski definition) is 2. The molecule has 1 aromatic carbocycles. The lowest BCUT2D eigenvalue weighted by Gasteiger charge is -1.95. The summed E-state index contributed by atoms with van der Waals surface area (Å²) in [4.78, 5) is 10.2. The minimum atomic E-state index is -0.369. The third-order valence-electron chi connectivity index (χ3n) is 2.38. The van der Waals surface area contributed by atoms with Gasteiger partial charge < -0.3 is 4.57 Å². The molecule has 2 aromatic rings. The Balaban J connectivity index is 2.77. The van der Waals surface area contributed by atoms with Gasteiger partial charge in [0.15, 0.2) is 0 Å². The van der Waals surface area contributed by atoms with Crippen LogP contribution < -0.4 is 0 Å². The van der Waals surface area contributed by atoms with Gasteiger partial charge in [0.2, 0.25) is 0 Å². The van der Waals surface area contributed by atoms with E-state index in [2.05, 4.69) is 0 Å². The maximum absolute atomic E-state index is 10.6. The molecule has 0 atom stereocenters. The van der Waals surface area contributed by atoms with Crippen molar-refractivity contribution >= 4 is 16.6 Å². The Labute approximate surface area is 80.9 Å². The average Bonchev–Trinajstić information content (AvgIpc) is 2.42. The van der Waals surface area contributed by atoms with E-state index in [0.717, 1.165) is 16.5 Å². The second-order valence-electron chi connectivity index (χ2n) is 3.38. The molecular formula is C10H10N2O2. The molecule has 4 heteroatoms. The number of benzene rings is 1. The number of nitrogens with zero attached hydrogens (tertiary/aromatic N) is 2. The monoisotopic (exact) mass is 190 g/mol. The van der Waals surface area contributed by atoms with E-state index in [4.69, 9.17) is 0 Å². The number of rotatable bonds is 1. The topological polar surface area (TPSA) is 48.1 Å². The molecule has 1 heterocycles. The molecule has 0 saturated heterocycles. The summed E-state index contributed by atoms with van der Waals surface area (Å²) in [6, 6.07) is 4.92. The number of aromatic nitrogens is 1. The van der Waals surface area contributed by atoms with Gasteiger partial charge in [0, 0.05) is 36.3 Å². The van der Waals surface area contributed by atoms with E-state index in [1.54, 1.807) is 12.1 Å². The van der Waals surface area contributed by atoms with Crippen molar-refractivity contribution in [3.8, 4) is 0 Å². The molecule has 2 rings (SSSR count). The molecule has 0 saturated carbocycles. The molecule has 0 aliphatic heterocycles. The van der Waals surface area contributed by atoms with E-state index in [9.17, 15) is 10.1 Å². The summed E-state index contributed by atoms with van der Waals surface area (Å²) in [6.45, 7) is 1.95. The highest BCUT2D eigenvalue weighted by molar-refractivity contribution is 5.85. The molecule has 14 heavy (non-hydrogen) atoms. The fourth-order valence-electron chi connectivity index (χ4n) is 1.69. The Morgan fingerprint density at radius 1 is 1.43 bits per heavy atom. The lowest BCUT2D eigenvalue weighted by Crippen LogP contribution is -1.88. The first-order valence-electron chi connectivity index (χ1n) is 4.29. The quantitative estimate of drug-likeness (QED) is 0.512. The summed E-state index contributed by atoms with van der Waals surface area (Å²) >= 11 is 0. The van der Waals surface area contributed by atoms with E-state index >= 15 is 0 Å². The van der Waals surface area contributed by atoms with Crippen molar-refractivity contribution in [3.63, 3.8) is 0 Å². The number of nitro groups is 1. The van der Waals surface area contributed by atoms with Crippen molar-refractivity contribution in [1.82, 2.24) is 4.57 Å². The van der Waals surface area contributed by atoms with Crippen LogP contribution in [0.3, 0.4) is 0 Å². The van der Waals surface area contributed by atoms with Gasteiger partial charge in [0.1, 0.15) is 0 Å². The molecule has 0 N–H and O–H groups in total. The van der Waals surface area contributed by atoms with Gasteiger partial charge in [-0.15, -0.1) is 0 Å². The SMILES string of the molecule is Cc1cn(C)c2ccc([N+](=O)[O-])cc12. The number of hydrogen-bond donors (Lipinski definition) is 0. The van der Waals surface area contributed by atoms with Crippen LogP contribution in [-0.2, 0) is 7.05 Å². The summed E-state index contributed by atoms with van der Waals surface area (Å²) in [7, 11) is 1.93. The smallest absolute Gasteiger partial charge is 0.270 e. The summed E-state index contributed by atoms with van der Waals surface area (Å²) in [5, 5.41) is 11.5. The number of non-ortho nitro benzene ring substituents is 1. The van der Waals surface area contributed by atoms with Crippen LogP contribution in [0.25, 0.3) is 10.9 Å². The van der Waals surface area contributed by atoms with Crippen molar-refractivity contribution in [2.75, 3.05) is 0 Å². The van der Waals surface area contributed by atoms with Crippen LogP contribution in [0.1, 0.15) is 5.56 Å². The minimum absolute atomic E-state index is 0.145. The highest BCUT2D eigenvalue weighted by Crippen LogP contribution is 2.24. The maximum atomic E-state index is 10.6. The summed E-state index contributed by atoms with van der Waals surface area (Å²) < 4.78 is 1.97. The van der Waals surface area contributed by atoms with Crippen LogP contribution >= 0.6 is 0 Å². The zero-order valence-corrected chi connectivity index (χ0v) is 8.02. The van der Waals surface area contributed by atoms with Gasteiger partial charge in [-0.25, -0.2) is 0 Å². The van der Waals surface area contributed by atoms with E-state index in [1.165, 1.54) is 6.07 Å². The number of fused-ring (bicyclic) bond motifs is 1. The second-order valence-corrected chi connectivity index (χ2v) is 3.38. The zero-order valence-electron chi connectivity index (χ0n) is 8.02. The van der Waals surface area contributed by atoms with Crippen LogP contribution in [-0.4, -0.2) is 9.49 Å². The fourth-order valence-corrected chi connectivity index (χ4v) is 1.69. The zero-order chi connectivity index (χ0) is 10.3. The van der Waals surface area contributed by atoms with Gasteiger partial charge in [0.25, 0.3) is 5.69 Å². The van der Waals surface area contributed by atoms with E-state index in [1.807, 2.05) is 24.7 Å². The van der Waals surface area contributed by atoms with E-state index in [0.29, 0.717) is 0 Å². The molecule has 0 radical (unpaired) electrons. The standard InChI is InChI=1S/C10H10N2O2/c1-7-6-11(2)10-4-3-8(12(13)14)5-9(7)10/h3-6H,1-2H3. The number of aryl methyl sites for hydroxylation is 2. The Morgan fingerprint density at radius 2 is 2.14 bits per heavy atom. The van der Waals surface area contributed by atoms with E-state index < -0.39 is 0 Å². The molecule has 0 aliphatic rings. The maximum Gasteiger partial charge on any atom is 0.270 e. The number of nitro benzene ring substituents is 1. The average molecular weight is 190 g/mol. The lowest BCUT2D eigenvalue weighted by atomic mass is 10.2. The molecule has 0 fully saturated rings. The molecule has 0 bridgehead atoms. The fraction of sp³-hybridized carbons (Fsp3) is 0.200. The van der Waals surface area contributed by atoms with E-state index in [-0.39, 0.29) is 10.6 Å². The Hall–Kier alpha value is -1.84. The van der Waals surface area contributed by atoms with Crippen molar-refractivity contribution in [2.45, 2.75) is 6.92 Å². The third-order valence-corrected chi connectivity index (χ3v) is 2.38. The van der Waals surface area contributed by atoms with Gasteiger partial charge in [-0.2, -0.15) is 0 Å². The lowest BCUT2D eigenvalue weighted by molar-refractivity contribution is -0.384. The molecule has 0 amide bonds. The largest absolute Gasteiger partial charge is 0.350 e. The normalized spacial score (nSPS) is 10.7. The van der Waals surface area contributed by atoms with Crippen molar-refractivity contribution in [2.24, 2.45) is 7.05 Å². The molecule has 0 spiro atoms. The molecule has 1 aromatic heterocycles. The highest BCUT2D eigenvalue weighted by Gasteiger charge is 2.09. The van der Waals surface area contributed by atoms with Gasteiger partial charge in [-0.3, -0.25) is 10.1 Å². The Morgan fingerprint density at radius 3 is 2.79 bits per heavy atom. The first-order chi connectivity index (χ1) is 6.59. The summed E-state index contributed by atoms with van der Waals surface area (Å²) in [6.07, 6.45) is 1.97. The molecule has 4 nitrogen and oxygen atoms in total. The van der Waals surface area contributed by atoms with Crippen LogP contribution in [0, 0.1) is 17.0 Å². The Bertz CT molecular complexity index is 514. The summed E-state index contributed by atoms with van der Waals surface area (Å²) in [5.74, 6) is 0. The van der Waals surface area contributed by atoms with Crippen molar-refractivity contribution in [1.29, 1.82) is 0 Å². The first-order valence-corrected chi connectivity index (χ1v) is 4.29. The second kappa shape index (κ2) is 2.83. The van der Waals surface area contributed by atoms with Gasteiger partial charge in [-0.1, -0.05) is 0 Å². The predicted octanol–water partition coefficient (Wildman–Crippen LogP) is 2.39.